The van der Waals surface area contributed by atoms with E-state index in [-0.39, 0.29) is 5.91 Å². The van der Waals surface area contributed by atoms with Crippen LogP contribution in [0.25, 0.3) is 0 Å². The maximum Gasteiger partial charge on any atom is 0.253 e. The average molecular weight is 289 g/mol. The Morgan fingerprint density at radius 3 is 2.57 bits per heavy atom. The van der Waals surface area contributed by atoms with Crippen LogP contribution in [0, 0.1) is 0 Å². The second kappa shape index (κ2) is 7.46. The van der Waals surface area contributed by atoms with Gasteiger partial charge in [0.2, 0.25) is 0 Å². The molecule has 116 valence electrons. The van der Waals surface area contributed by atoms with Gasteiger partial charge in [0, 0.05) is 30.4 Å². The van der Waals surface area contributed by atoms with Crippen LogP contribution in [0.4, 0.5) is 5.69 Å². The van der Waals surface area contributed by atoms with E-state index < -0.39 is 0 Å². The molecule has 2 rings (SSSR count). The standard InChI is InChI=1S/C17H27N3O/c1-4-20(5-2)17(21)14-7-6-8-16(13-14)18-15-9-11-19(3)12-10-15/h6-8,13,15,18H,4-5,9-12H2,1-3H3. The van der Waals surface area contributed by atoms with E-state index in [9.17, 15) is 4.79 Å². The van der Waals surface area contributed by atoms with Crippen LogP contribution in [0.2, 0.25) is 0 Å². The summed E-state index contributed by atoms with van der Waals surface area (Å²) in [6.45, 7) is 7.80. The number of hydrogen-bond acceptors (Lipinski definition) is 3. The summed E-state index contributed by atoms with van der Waals surface area (Å²) < 4.78 is 0. The van der Waals surface area contributed by atoms with E-state index in [1.807, 2.05) is 36.9 Å². The summed E-state index contributed by atoms with van der Waals surface area (Å²) in [5.41, 5.74) is 1.83. The molecule has 0 bridgehead atoms. The smallest absolute Gasteiger partial charge is 0.253 e. The molecule has 0 aromatic heterocycles. The van der Waals surface area contributed by atoms with E-state index in [2.05, 4.69) is 23.3 Å². The zero-order chi connectivity index (χ0) is 15.2. The van der Waals surface area contributed by atoms with Crippen LogP contribution in [-0.2, 0) is 0 Å². The van der Waals surface area contributed by atoms with Gasteiger partial charge in [-0.05, 0) is 65.0 Å². The van der Waals surface area contributed by atoms with Crippen LogP contribution in [-0.4, -0.2) is 55.0 Å². The van der Waals surface area contributed by atoms with Crippen LogP contribution >= 0.6 is 0 Å². The molecule has 1 amide bonds. The number of benzene rings is 1. The third-order valence-corrected chi connectivity index (χ3v) is 4.25. The number of likely N-dealkylation sites (tertiary alicyclic amines) is 1. The molecule has 1 aromatic carbocycles. The Morgan fingerprint density at radius 1 is 1.29 bits per heavy atom. The maximum absolute atomic E-state index is 12.4. The molecular formula is C17H27N3O. The number of carbonyl (C=O) groups excluding carboxylic acids is 1. The Bertz CT molecular complexity index is 463. The van der Waals surface area contributed by atoms with Crippen molar-refractivity contribution < 1.29 is 4.79 Å². The predicted octanol–water partition coefficient (Wildman–Crippen LogP) is 2.67. The van der Waals surface area contributed by atoms with Crippen LogP contribution in [0.5, 0.6) is 0 Å². The van der Waals surface area contributed by atoms with Gasteiger partial charge in [-0.3, -0.25) is 4.79 Å². The van der Waals surface area contributed by atoms with Crippen molar-refractivity contribution in [2.75, 3.05) is 38.5 Å². The van der Waals surface area contributed by atoms with Gasteiger partial charge in [-0.2, -0.15) is 0 Å². The summed E-state index contributed by atoms with van der Waals surface area (Å²) >= 11 is 0. The monoisotopic (exact) mass is 289 g/mol. The number of carbonyl (C=O) groups is 1. The van der Waals surface area contributed by atoms with Gasteiger partial charge in [0.15, 0.2) is 0 Å². The van der Waals surface area contributed by atoms with Gasteiger partial charge in [-0.25, -0.2) is 0 Å². The minimum absolute atomic E-state index is 0.118. The van der Waals surface area contributed by atoms with Crippen LogP contribution in [0.15, 0.2) is 24.3 Å². The molecule has 0 unspecified atom stereocenters. The molecule has 4 nitrogen and oxygen atoms in total. The topological polar surface area (TPSA) is 35.6 Å². The lowest BCUT2D eigenvalue weighted by molar-refractivity contribution is 0.0773. The summed E-state index contributed by atoms with van der Waals surface area (Å²) in [4.78, 5) is 16.6. The number of piperidine rings is 1. The molecular weight excluding hydrogens is 262 g/mol. The first-order chi connectivity index (χ1) is 10.1. The minimum Gasteiger partial charge on any atom is -0.382 e. The Hall–Kier alpha value is -1.55. The third kappa shape index (κ3) is 4.21. The highest BCUT2D eigenvalue weighted by Gasteiger charge is 2.17. The second-order valence-corrected chi connectivity index (χ2v) is 5.78. The number of amides is 1. The van der Waals surface area contributed by atoms with Gasteiger partial charge in [-0.1, -0.05) is 6.07 Å². The van der Waals surface area contributed by atoms with Crippen molar-refractivity contribution in [2.24, 2.45) is 0 Å². The number of nitrogens with zero attached hydrogens (tertiary/aromatic N) is 2. The lowest BCUT2D eigenvalue weighted by Gasteiger charge is -2.30. The predicted molar refractivity (Wildman–Crippen MR) is 87.8 cm³/mol. The zero-order valence-electron chi connectivity index (χ0n) is 13.4. The Kier molecular flexibility index (Phi) is 5.62. The molecule has 0 aliphatic carbocycles. The molecule has 1 heterocycles. The molecule has 21 heavy (non-hydrogen) atoms. The van der Waals surface area contributed by atoms with Crippen molar-refractivity contribution in [1.82, 2.24) is 9.80 Å². The SMILES string of the molecule is CCN(CC)C(=O)c1cccc(NC2CCN(C)CC2)c1. The van der Waals surface area contributed by atoms with E-state index >= 15 is 0 Å². The van der Waals surface area contributed by atoms with Gasteiger partial charge < -0.3 is 15.1 Å². The van der Waals surface area contributed by atoms with E-state index in [0.717, 1.165) is 50.3 Å². The van der Waals surface area contributed by atoms with Crippen molar-refractivity contribution >= 4 is 11.6 Å². The van der Waals surface area contributed by atoms with Crippen LogP contribution in [0.3, 0.4) is 0 Å². The fourth-order valence-electron chi connectivity index (χ4n) is 2.82. The molecule has 1 N–H and O–H groups in total. The molecule has 1 aliphatic heterocycles. The highest BCUT2D eigenvalue weighted by molar-refractivity contribution is 5.95. The van der Waals surface area contributed by atoms with Crippen LogP contribution in [0.1, 0.15) is 37.0 Å². The zero-order valence-corrected chi connectivity index (χ0v) is 13.4. The highest BCUT2D eigenvalue weighted by atomic mass is 16.2. The fourth-order valence-corrected chi connectivity index (χ4v) is 2.82. The van der Waals surface area contributed by atoms with Crippen molar-refractivity contribution in [1.29, 1.82) is 0 Å². The minimum atomic E-state index is 0.118. The molecule has 0 atom stereocenters. The fraction of sp³-hybridized carbons (Fsp3) is 0.588. The molecule has 1 aliphatic rings. The summed E-state index contributed by atoms with van der Waals surface area (Å²) in [6, 6.07) is 8.42. The highest BCUT2D eigenvalue weighted by Crippen LogP contribution is 2.18. The van der Waals surface area contributed by atoms with Crippen molar-refractivity contribution in [3.63, 3.8) is 0 Å². The number of rotatable bonds is 5. The van der Waals surface area contributed by atoms with Crippen molar-refractivity contribution in [3.05, 3.63) is 29.8 Å². The molecule has 1 aromatic rings. The molecule has 1 saturated heterocycles. The van der Waals surface area contributed by atoms with Crippen LogP contribution < -0.4 is 5.32 Å². The molecule has 0 radical (unpaired) electrons. The Labute approximate surface area is 128 Å². The Morgan fingerprint density at radius 2 is 1.95 bits per heavy atom. The van der Waals surface area contributed by atoms with Gasteiger partial charge in [0.1, 0.15) is 0 Å². The van der Waals surface area contributed by atoms with Crippen molar-refractivity contribution in [3.8, 4) is 0 Å². The van der Waals surface area contributed by atoms with Gasteiger partial charge in [0.05, 0.1) is 0 Å². The van der Waals surface area contributed by atoms with Gasteiger partial charge >= 0.3 is 0 Å². The second-order valence-electron chi connectivity index (χ2n) is 5.78. The van der Waals surface area contributed by atoms with Crippen molar-refractivity contribution in [2.45, 2.75) is 32.7 Å². The van der Waals surface area contributed by atoms with E-state index in [1.165, 1.54) is 0 Å². The number of anilines is 1. The summed E-state index contributed by atoms with van der Waals surface area (Å²) in [7, 11) is 2.17. The average Bonchev–Trinajstić information content (AvgIpc) is 2.51. The van der Waals surface area contributed by atoms with E-state index in [0.29, 0.717) is 6.04 Å². The summed E-state index contributed by atoms with van der Waals surface area (Å²) in [5.74, 6) is 0.118. The Balaban J connectivity index is 2.02. The normalized spacial score (nSPS) is 16.7. The number of hydrogen-bond donors (Lipinski definition) is 1. The van der Waals surface area contributed by atoms with E-state index in [4.69, 9.17) is 0 Å². The van der Waals surface area contributed by atoms with E-state index in [1.54, 1.807) is 0 Å². The largest absolute Gasteiger partial charge is 0.382 e. The first-order valence-electron chi connectivity index (χ1n) is 7.98. The molecule has 0 spiro atoms. The first-order valence-corrected chi connectivity index (χ1v) is 7.98. The van der Waals surface area contributed by atoms with Gasteiger partial charge in [0.25, 0.3) is 5.91 Å². The maximum atomic E-state index is 12.4. The van der Waals surface area contributed by atoms with Gasteiger partial charge in [-0.15, -0.1) is 0 Å². The quantitative estimate of drug-likeness (QED) is 0.905. The first kappa shape index (κ1) is 15.8. The lowest BCUT2D eigenvalue weighted by Crippen LogP contribution is -2.36. The molecule has 0 saturated carbocycles. The number of nitrogens with one attached hydrogen (secondary N) is 1. The lowest BCUT2D eigenvalue weighted by atomic mass is 10.0. The molecule has 1 fully saturated rings. The third-order valence-electron chi connectivity index (χ3n) is 4.25. The molecule has 4 heteroatoms. The summed E-state index contributed by atoms with van der Waals surface area (Å²) in [6.07, 6.45) is 2.31. The summed E-state index contributed by atoms with van der Waals surface area (Å²) in [5, 5.41) is 3.57.